The van der Waals surface area contributed by atoms with Crippen LogP contribution in [0.3, 0.4) is 0 Å². The number of carbonyl (C=O) groups excluding carboxylic acids is 2. The lowest BCUT2D eigenvalue weighted by Crippen LogP contribution is -2.41. The molecule has 0 spiro atoms. The van der Waals surface area contributed by atoms with Gasteiger partial charge in [-0.25, -0.2) is 9.59 Å². The minimum absolute atomic E-state index is 0.142. The van der Waals surface area contributed by atoms with Crippen molar-refractivity contribution in [3.05, 3.63) is 29.3 Å². The van der Waals surface area contributed by atoms with Gasteiger partial charge >= 0.3 is 12.0 Å². The van der Waals surface area contributed by atoms with E-state index in [4.69, 9.17) is 9.84 Å². The fourth-order valence-corrected chi connectivity index (χ4v) is 1.53. The number of amides is 3. The molecule has 1 aromatic carbocycles. The second-order valence-corrected chi connectivity index (χ2v) is 4.38. The van der Waals surface area contributed by atoms with Crippen LogP contribution in [-0.4, -0.2) is 36.2 Å². The Labute approximate surface area is 122 Å². The molecule has 3 amide bonds. The van der Waals surface area contributed by atoms with Crippen molar-refractivity contribution in [2.45, 2.75) is 20.3 Å². The van der Waals surface area contributed by atoms with Gasteiger partial charge in [0.25, 0.3) is 5.91 Å². The first-order chi connectivity index (χ1) is 9.93. The Hall–Kier alpha value is -2.57. The molecule has 0 aliphatic heterocycles. The minimum atomic E-state index is -1.03. The SMILES string of the molecule is CCCNC(=O)NC(=O)COc1ccc(C(=O)O)cc1C. The van der Waals surface area contributed by atoms with Crippen LogP contribution in [-0.2, 0) is 4.79 Å². The second kappa shape index (κ2) is 7.88. The van der Waals surface area contributed by atoms with E-state index in [2.05, 4.69) is 10.6 Å². The summed E-state index contributed by atoms with van der Waals surface area (Å²) < 4.78 is 5.25. The number of carboxylic acid groups (broad SMARTS) is 1. The van der Waals surface area contributed by atoms with Gasteiger partial charge in [0.05, 0.1) is 5.56 Å². The van der Waals surface area contributed by atoms with Crippen LogP contribution in [0.5, 0.6) is 5.75 Å². The standard InChI is InChI=1S/C14H18N2O5/c1-3-6-15-14(20)16-12(17)8-21-11-5-4-10(13(18)19)7-9(11)2/h4-5,7H,3,6,8H2,1-2H3,(H,18,19)(H2,15,16,17,20). The lowest BCUT2D eigenvalue weighted by Gasteiger charge is -2.10. The highest BCUT2D eigenvalue weighted by Crippen LogP contribution is 2.19. The number of rotatable bonds is 6. The molecule has 0 bridgehead atoms. The van der Waals surface area contributed by atoms with Gasteiger partial charge in [-0.05, 0) is 37.1 Å². The molecule has 7 nitrogen and oxygen atoms in total. The van der Waals surface area contributed by atoms with Crippen molar-refractivity contribution in [2.75, 3.05) is 13.2 Å². The van der Waals surface area contributed by atoms with Crippen molar-refractivity contribution < 1.29 is 24.2 Å². The Morgan fingerprint density at radius 2 is 2.00 bits per heavy atom. The van der Waals surface area contributed by atoms with Gasteiger partial charge in [-0.2, -0.15) is 0 Å². The van der Waals surface area contributed by atoms with E-state index in [1.165, 1.54) is 18.2 Å². The number of hydrogen-bond donors (Lipinski definition) is 3. The second-order valence-electron chi connectivity index (χ2n) is 4.38. The molecule has 0 aromatic heterocycles. The lowest BCUT2D eigenvalue weighted by atomic mass is 10.1. The summed E-state index contributed by atoms with van der Waals surface area (Å²) in [6, 6.07) is 3.74. The van der Waals surface area contributed by atoms with Crippen molar-refractivity contribution >= 4 is 17.9 Å². The molecule has 0 atom stereocenters. The molecule has 1 rings (SSSR count). The fraction of sp³-hybridized carbons (Fsp3) is 0.357. The number of urea groups is 1. The molecule has 0 aliphatic rings. The molecular weight excluding hydrogens is 276 g/mol. The molecule has 114 valence electrons. The summed E-state index contributed by atoms with van der Waals surface area (Å²) in [5.74, 6) is -1.22. The first-order valence-electron chi connectivity index (χ1n) is 6.48. The van der Waals surface area contributed by atoms with Crippen LogP contribution in [0.4, 0.5) is 4.79 Å². The zero-order valence-corrected chi connectivity index (χ0v) is 11.9. The van der Waals surface area contributed by atoms with Crippen LogP contribution in [0.15, 0.2) is 18.2 Å². The largest absolute Gasteiger partial charge is 0.483 e. The van der Waals surface area contributed by atoms with E-state index in [0.29, 0.717) is 17.9 Å². The summed E-state index contributed by atoms with van der Waals surface area (Å²) in [6.45, 7) is 3.73. The molecule has 0 aliphatic carbocycles. The topological polar surface area (TPSA) is 105 Å². The van der Waals surface area contributed by atoms with Crippen molar-refractivity contribution in [1.29, 1.82) is 0 Å². The highest BCUT2D eigenvalue weighted by atomic mass is 16.5. The molecule has 0 fully saturated rings. The van der Waals surface area contributed by atoms with Crippen LogP contribution < -0.4 is 15.4 Å². The van der Waals surface area contributed by atoms with E-state index in [0.717, 1.165) is 6.42 Å². The van der Waals surface area contributed by atoms with Crippen LogP contribution in [0.1, 0.15) is 29.3 Å². The third kappa shape index (κ3) is 5.52. The Morgan fingerprint density at radius 3 is 2.57 bits per heavy atom. The number of hydrogen-bond acceptors (Lipinski definition) is 4. The number of nitrogens with one attached hydrogen (secondary N) is 2. The predicted molar refractivity (Wildman–Crippen MR) is 75.5 cm³/mol. The highest BCUT2D eigenvalue weighted by molar-refractivity contribution is 5.95. The Kier molecular flexibility index (Phi) is 6.19. The normalized spacial score (nSPS) is 9.81. The van der Waals surface area contributed by atoms with Gasteiger partial charge in [0.1, 0.15) is 5.75 Å². The van der Waals surface area contributed by atoms with E-state index in [9.17, 15) is 14.4 Å². The van der Waals surface area contributed by atoms with E-state index in [-0.39, 0.29) is 12.2 Å². The van der Waals surface area contributed by atoms with Crippen LogP contribution in [0, 0.1) is 6.92 Å². The first-order valence-corrected chi connectivity index (χ1v) is 6.48. The van der Waals surface area contributed by atoms with Gasteiger partial charge in [-0.1, -0.05) is 6.92 Å². The molecule has 3 N–H and O–H groups in total. The maximum absolute atomic E-state index is 11.5. The molecule has 1 aromatic rings. The highest BCUT2D eigenvalue weighted by Gasteiger charge is 2.10. The van der Waals surface area contributed by atoms with E-state index in [1.54, 1.807) is 6.92 Å². The molecule has 21 heavy (non-hydrogen) atoms. The summed E-state index contributed by atoms with van der Waals surface area (Å²) in [5, 5.41) is 13.5. The zero-order chi connectivity index (χ0) is 15.8. The average molecular weight is 294 g/mol. The zero-order valence-electron chi connectivity index (χ0n) is 11.9. The van der Waals surface area contributed by atoms with Crippen molar-refractivity contribution in [3.63, 3.8) is 0 Å². The van der Waals surface area contributed by atoms with Gasteiger partial charge in [0.15, 0.2) is 6.61 Å². The summed E-state index contributed by atoms with van der Waals surface area (Å²) in [7, 11) is 0. The third-order valence-corrected chi connectivity index (χ3v) is 2.57. The van der Waals surface area contributed by atoms with Crippen molar-refractivity contribution in [3.8, 4) is 5.75 Å². The quantitative estimate of drug-likeness (QED) is 0.733. The van der Waals surface area contributed by atoms with Gasteiger partial charge < -0.3 is 15.2 Å². The monoisotopic (exact) mass is 294 g/mol. The number of benzene rings is 1. The minimum Gasteiger partial charge on any atom is -0.483 e. The van der Waals surface area contributed by atoms with Crippen LogP contribution >= 0.6 is 0 Å². The molecule has 0 saturated carbocycles. The molecule has 0 heterocycles. The molecule has 7 heteroatoms. The molecule has 0 radical (unpaired) electrons. The number of aryl methyl sites for hydroxylation is 1. The van der Waals surface area contributed by atoms with Gasteiger partial charge in [-0.15, -0.1) is 0 Å². The number of carboxylic acids is 1. The van der Waals surface area contributed by atoms with Crippen molar-refractivity contribution in [1.82, 2.24) is 10.6 Å². The molecular formula is C14H18N2O5. The van der Waals surface area contributed by atoms with Crippen molar-refractivity contribution in [2.24, 2.45) is 0 Å². The predicted octanol–water partition coefficient (Wildman–Crippen LogP) is 1.31. The van der Waals surface area contributed by atoms with E-state index < -0.39 is 17.9 Å². The van der Waals surface area contributed by atoms with Crippen LogP contribution in [0.2, 0.25) is 0 Å². The van der Waals surface area contributed by atoms with Gasteiger partial charge in [0, 0.05) is 6.54 Å². The number of ether oxygens (including phenoxy) is 1. The Balaban J connectivity index is 2.50. The van der Waals surface area contributed by atoms with Crippen LogP contribution in [0.25, 0.3) is 0 Å². The summed E-state index contributed by atoms with van der Waals surface area (Å²) in [5.41, 5.74) is 0.737. The van der Waals surface area contributed by atoms with Gasteiger partial charge in [0.2, 0.25) is 0 Å². The molecule has 0 unspecified atom stereocenters. The lowest BCUT2D eigenvalue weighted by molar-refractivity contribution is -0.122. The van der Waals surface area contributed by atoms with E-state index >= 15 is 0 Å². The molecule has 0 saturated heterocycles. The summed E-state index contributed by atoms with van der Waals surface area (Å²) >= 11 is 0. The van der Waals surface area contributed by atoms with Gasteiger partial charge in [-0.3, -0.25) is 10.1 Å². The Morgan fingerprint density at radius 1 is 1.29 bits per heavy atom. The van der Waals surface area contributed by atoms with E-state index in [1.807, 2.05) is 6.92 Å². The smallest absolute Gasteiger partial charge is 0.335 e. The number of aromatic carboxylic acids is 1. The third-order valence-electron chi connectivity index (χ3n) is 2.57. The average Bonchev–Trinajstić information content (AvgIpc) is 2.43. The fourth-order valence-electron chi connectivity index (χ4n) is 1.53. The number of carbonyl (C=O) groups is 3. The maximum atomic E-state index is 11.5. The number of imide groups is 1. The summed E-state index contributed by atoms with van der Waals surface area (Å²) in [6.07, 6.45) is 0.771. The first kappa shape index (κ1) is 16.5. The Bertz CT molecular complexity index is 542. The summed E-state index contributed by atoms with van der Waals surface area (Å²) in [4.78, 5) is 33.5. The maximum Gasteiger partial charge on any atom is 0.335 e.